The van der Waals surface area contributed by atoms with E-state index in [1.54, 1.807) is 6.07 Å². The minimum atomic E-state index is -0.385. The molecule has 4 aromatic rings. The van der Waals surface area contributed by atoms with Gasteiger partial charge in [-0.2, -0.15) is 9.78 Å². The Morgan fingerprint density at radius 2 is 1.94 bits per heavy atom. The average Bonchev–Trinajstić information content (AvgIpc) is 3.17. The summed E-state index contributed by atoms with van der Waals surface area (Å²) in [6.45, 7) is 7.94. The van der Waals surface area contributed by atoms with Gasteiger partial charge in [0.1, 0.15) is 17.3 Å². The zero-order valence-electron chi connectivity index (χ0n) is 17.6. The van der Waals surface area contributed by atoms with Gasteiger partial charge in [0.25, 0.3) is 5.56 Å². The third-order valence-electron chi connectivity index (χ3n) is 4.94. The van der Waals surface area contributed by atoms with Crippen molar-refractivity contribution in [1.82, 2.24) is 9.66 Å². The van der Waals surface area contributed by atoms with Gasteiger partial charge in [0, 0.05) is 20.5 Å². The molecule has 0 saturated heterocycles. The smallest absolute Gasteiger partial charge is 0.282 e. The van der Waals surface area contributed by atoms with Crippen LogP contribution in [-0.4, -0.2) is 15.9 Å². The van der Waals surface area contributed by atoms with Gasteiger partial charge in [-0.25, -0.2) is 4.98 Å². The van der Waals surface area contributed by atoms with Crippen LogP contribution in [0, 0.1) is 6.92 Å². The number of nitrogens with zero attached hydrogens (tertiary/aromatic N) is 3. The van der Waals surface area contributed by atoms with Gasteiger partial charge in [0.2, 0.25) is 0 Å². The lowest BCUT2D eigenvalue weighted by atomic mass is 9.95. The van der Waals surface area contributed by atoms with E-state index in [2.05, 4.69) is 21.0 Å². The predicted molar refractivity (Wildman–Crippen MR) is 129 cm³/mol. The van der Waals surface area contributed by atoms with E-state index < -0.39 is 0 Å². The standard InChI is InChI=1S/C24H21BrClN3O2/c1-14-17(6-5-7-19(14)26)21-11-9-16(31-21)13-27-29-22(30)18-12-15(25)8-10-20(18)28-23(29)24(2,3)4/h5-13H,1-4H3. The number of hydrogen-bond acceptors (Lipinski definition) is 4. The molecule has 0 N–H and O–H groups in total. The fourth-order valence-corrected chi connectivity index (χ4v) is 3.83. The lowest BCUT2D eigenvalue weighted by Gasteiger charge is -2.20. The Hall–Kier alpha value is -2.70. The number of fused-ring (bicyclic) bond motifs is 1. The van der Waals surface area contributed by atoms with Gasteiger partial charge in [-0.15, -0.1) is 0 Å². The first-order valence-corrected chi connectivity index (χ1v) is 10.9. The van der Waals surface area contributed by atoms with E-state index in [1.807, 2.05) is 70.2 Å². The van der Waals surface area contributed by atoms with E-state index in [9.17, 15) is 4.79 Å². The van der Waals surface area contributed by atoms with Crippen LogP contribution in [0.2, 0.25) is 5.02 Å². The normalized spacial score (nSPS) is 12.2. The Balaban J connectivity index is 1.80. The summed E-state index contributed by atoms with van der Waals surface area (Å²) in [5.41, 5.74) is 1.88. The highest BCUT2D eigenvalue weighted by atomic mass is 79.9. The van der Waals surface area contributed by atoms with E-state index in [1.165, 1.54) is 10.9 Å². The summed E-state index contributed by atoms with van der Waals surface area (Å²) >= 11 is 9.65. The maximum absolute atomic E-state index is 13.2. The summed E-state index contributed by atoms with van der Waals surface area (Å²) in [6.07, 6.45) is 1.53. The molecule has 4 rings (SSSR count). The molecule has 0 aliphatic heterocycles. The SMILES string of the molecule is Cc1c(Cl)cccc1-c1ccc(C=Nn2c(C(C)(C)C)nc3ccc(Br)cc3c2=O)o1. The first-order chi connectivity index (χ1) is 14.6. The summed E-state index contributed by atoms with van der Waals surface area (Å²) in [5.74, 6) is 1.78. The number of benzene rings is 2. The third kappa shape index (κ3) is 4.23. The molecule has 0 unspecified atom stereocenters. The number of halogens is 2. The van der Waals surface area contributed by atoms with Crippen molar-refractivity contribution in [2.75, 3.05) is 0 Å². The molecule has 0 bridgehead atoms. The molecule has 31 heavy (non-hydrogen) atoms. The van der Waals surface area contributed by atoms with Crippen LogP contribution in [0.25, 0.3) is 22.2 Å². The maximum Gasteiger partial charge on any atom is 0.282 e. The van der Waals surface area contributed by atoms with Crippen molar-refractivity contribution in [3.63, 3.8) is 0 Å². The fourth-order valence-electron chi connectivity index (χ4n) is 3.30. The molecule has 0 aliphatic carbocycles. The zero-order chi connectivity index (χ0) is 22.3. The molecule has 158 valence electrons. The van der Waals surface area contributed by atoms with Gasteiger partial charge < -0.3 is 4.42 Å². The second kappa shape index (κ2) is 8.09. The molecule has 0 atom stereocenters. The van der Waals surface area contributed by atoms with Crippen LogP contribution in [0.15, 0.2) is 67.3 Å². The molecule has 5 nitrogen and oxygen atoms in total. The molecule has 7 heteroatoms. The highest BCUT2D eigenvalue weighted by molar-refractivity contribution is 9.10. The quantitative estimate of drug-likeness (QED) is 0.301. The van der Waals surface area contributed by atoms with Crippen LogP contribution in [-0.2, 0) is 5.41 Å². The van der Waals surface area contributed by atoms with Gasteiger partial charge >= 0.3 is 0 Å². The summed E-state index contributed by atoms with van der Waals surface area (Å²) in [6, 6.07) is 14.8. The Kier molecular flexibility index (Phi) is 5.62. The van der Waals surface area contributed by atoms with Crippen molar-refractivity contribution >= 4 is 44.6 Å². The van der Waals surface area contributed by atoms with Crippen LogP contribution >= 0.6 is 27.5 Å². The van der Waals surface area contributed by atoms with Crippen LogP contribution in [0.5, 0.6) is 0 Å². The van der Waals surface area contributed by atoms with Gasteiger partial charge in [0.15, 0.2) is 0 Å². The molecule has 0 fully saturated rings. The Morgan fingerprint density at radius 1 is 1.16 bits per heavy atom. The molecule has 0 amide bonds. The Bertz CT molecular complexity index is 1380. The molecule has 0 spiro atoms. The molecular weight excluding hydrogens is 478 g/mol. The van der Waals surface area contributed by atoms with Gasteiger partial charge in [0.05, 0.1) is 17.1 Å². The van der Waals surface area contributed by atoms with E-state index in [4.69, 9.17) is 21.0 Å². The first-order valence-electron chi connectivity index (χ1n) is 9.77. The minimum Gasteiger partial charge on any atom is -0.455 e. The summed E-state index contributed by atoms with van der Waals surface area (Å²) in [5, 5.41) is 5.62. The van der Waals surface area contributed by atoms with E-state index in [0.29, 0.717) is 33.3 Å². The Labute approximate surface area is 193 Å². The topological polar surface area (TPSA) is 60.4 Å². The van der Waals surface area contributed by atoms with Crippen molar-refractivity contribution in [2.24, 2.45) is 5.10 Å². The minimum absolute atomic E-state index is 0.232. The van der Waals surface area contributed by atoms with Crippen LogP contribution < -0.4 is 5.56 Å². The van der Waals surface area contributed by atoms with Crippen LogP contribution in [0.1, 0.15) is 37.9 Å². The zero-order valence-corrected chi connectivity index (χ0v) is 20.0. The number of hydrogen-bond donors (Lipinski definition) is 0. The van der Waals surface area contributed by atoms with Gasteiger partial charge in [-0.1, -0.05) is 60.4 Å². The van der Waals surface area contributed by atoms with Crippen LogP contribution in [0.4, 0.5) is 0 Å². The lowest BCUT2D eigenvalue weighted by molar-refractivity contribution is 0.505. The lowest BCUT2D eigenvalue weighted by Crippen LogP contribution is -2.29. The van der Waals surface area contributed by atoms with Crippen molar-refractivity contribution < 1.29 is 4.42 Å². The van der Waals surface area contributed by atoms with Crippen molar-refractivity contribution in [1.29, 1.82) is 0 Å². The molecule has 0 aliphatic rings. The molecule has 2 heterocycles. The number of aromatic nitrogens is 2. The van der Waals surface area contributed by atoms with Gasteiger partial charge in [-0.3, -0.25) is 4.79 Å². The monoisotopic (exact) mass is 497 g/mol. The molecule has 2 aromatic heterocycles. The Morgan fingerprint density at radius 3 is 2.68 bits per heavy atom. The highest BCUT2D eigenvalue weighted by Gasteiger charge is 2.23. The van der Waals surface area contributed by atoms with Crippen molar-refractivity contribution in [2.45, 2.75) is 33.1 Å². The summed E-state index contributed by atoms with van der Waals surface area (Å²) in [4.78, 5) is 17.9. The average molecular weight is 499 g/mol. The summed E-state index contributed by atoms with van der Waals surface area (Å²) < 4.78 is 8.11. The molecular formula is C24H21BrClN3O2. The second-order valence-corrected chi connectivity index (χ2v) is 9.65. The summed E-state index contributed by atoms with van der Waals surface area (Å²) in [7, 11) is 0. The number of rotatable bonds is 3. The molecule has 2 aromatic carbocycles. The predicted octanol–water partition coefficient (Wildman–Crippen LogP) is 6.56. The maximum atomic E-state index is 13.2. The second-order valence-electron chi connectivity index (χ2n) is 8.32. The van der Waals surface area contributed by atoms with Crippen molar-refractivity contribution in [3.8, 4) is 11.3 Å². The third-order valence-corrected chi connectivity index (χ3v) is 5.84. The number of furan rings is 1. The highest BCUT2D eigenvalue weighted by Crippen LogP contribution is 2.29. The fraction of sp³-hybridized carbons (Fsp3) is 0.208. The van der Waals surface area contributed by atoms with E-state index >= 15 is 0 Å². The largest absolute Gasteiger partial charge is 0.455 e. The van der Waals surface area contributed by atoms with Gasteiger partial charge in [-0.05, 0) is 48.9 Å². The van der Waals surface area contributed by atoms with Crippen molar-refractivity contribution in [3.05, 3.63) is 85.5 Å². The van der Waals surface area contributed by atoms with Crippen LogP contribution in [0.3, 0.4) is 0 Å². The van der Waals surface area contributed by atoms with E-state index in [-0.39, 0.29) is 11.0 Å². The molecule has 0 radical (unpaired) electrons. The molecule has 0 saturated carbocycles. The van der Waals surface area contributed by atoms with E-state index in [0.717, 1.165) is 15.6 Å². The first kappa shape index (κ1) is 21.5.